The van der Waals surface area contributed by atoms with E-state index in [1.807, 2.05) is 74.3 Å². The molecule has 0 spiro atoms. The average molecular weight is 543 g/mol. The number of carbonyl (C=O) groups is 2. The number of fused-ring (bicyclic) bond motifs is 1. The molecule has 1 aromatic heterocycles. The molecule has 0 aliphatic rings. The Balaban J connectivity index is 1.53. The Morgan fingerprint density at radius 2 is 1.57 bits per heavy atom. The fourth-order valence-corrected chi connectivity index (χ4v) is 4.84. The van der Waals surface area contributed by atoms with E-state index in [9.17, 15) is 14.0 Å². The maximum Gasteiger partial charge on any atom is 0.242 e. The number of anilines is 1. The SMILES string of the molecule is CCC(C)N(CC(=O)N(CCc1c[nH]c2ccccc12)Cc1ccc(N(C)C)cc1)C(=O)Cc1ccc(F)cc1. The summed E-state index contributed by atoms with van der Waals surface area (Å²) < 4.78 is 13.4. The zero-order chi connectivity index (χ0) is 28.6. The van der Waals surface area contributed by atoms with Gasteiger partial charge in [0.15, 0.2) is 0 Å². The molecular weight excluding hydrogens is 503 g/mol. The van der Waals surface area contributed by atoms with Crippen LogP contribution in [0.2, 0.25) is 0 Å². The lowest BCUT2D eigenvalue weighted by molar-refractivity contribution is -0.142. The number of nitrogens with zero attached hydrogens (tertiary/aromatic N) is 3. The van der Waals surface area contributed by atoms with Crippen LogP contribution in [0.4, 0.5) is 10.1 Å². The van der Waals surface area contributed by atoms with Crippen molar-refractivity contribution in [2.24, 2.45) is 0 Å². The number of nitrogens with one attached hydrogen (secondary N) is 1. The third-order valence-electron chi connectivity index (χ3n) is 7.52. The molecule has 6 nitrogen and oxygen atoms in total. The quantitative estimate of drug-likeness (QED) is 0.246. The minimum absolute atomic E-state index is 0.00129. The van der Waals surface area contributed by atoms with E-state index >= 15 is 0 Å². The molecular formula is C33H39FN4O2. The number of rotatable bonds is 12. The highest BCUT2D eigenvalue weighted by Crippen LogP contribution is 2.20. The van der Waals surface area contributed by atoms with Gasteiger partial charge in [-0.1, -0.05) is 49.4 Å². The van der Waals surface area contributed by atoms with Crippen molar-refractivity contribution in [2.75, 3.05) is 32.1 Å². The molecule has 1 N–H and O–H groups in total. The highest BCUT2D eigenvalue weighted by Gasteiger charge is 2.25. The second-order valence-electron chi connectivity index (χ2n) is 10.6. The minimum Gasteiger partial charge on any atom is -0.378 e. The zero-order valence-corrected chi connectivity index (χ0v) is 23.9. The molecule has 0 saturated heterocycles. The van der Waals surface area contributed by atoms with E-state index in [1.165, 1.54) is 12.1 Å². The van der Waals surface area contributed by atoms with Gasteiger partial charge in [-0.15, -0.1) is 0 Å². The van der Waals surface area contributed by atoms with Gasteiger partial charge in [0, 0.05) is 56.0 Å². The molecule has 1 atom stereocenters. The van der Waals surface area contributed by atoms with Crippen molar-refractivity contribution in [1.29, 1.82) is 0 Å². The van der Waals surface area contributed by atoms with Crippen molar-refractivity contribution >= 4 is 28.4 Å². The van der Waals surface area contributed by atoms with Crippen molar-refractivity contribution in [2.45, 2.75) is 45.7 Å². The largest absolute Gasteiger partial charge is 0.378 e. The molecule has 0 fully saturated rings. The molecule has 0 aliphatic heterocycles. The Kier molecular flexibility index (Phi) is 9.59. The predicted molar refractivity (Wildman–Crippen MR) is 160 cm³/mol. The maximum absolute atomic E-state index is 13.8. The summed E-state index contributed by atoms with van der Waals surface area (Å²) in [6, 6.07) is 22.2. The molecule has 210 valence electrons. The maximum atomic E-state index is 13.8. The Morgan fingerprint density at radius 3 is 2.25 bits per heavy atom. The number of para-hydroxylation sites is 1. The van der Waals surface area contributed by atoms with E-state index in [4.69, 9.17) is 0 Å². The average Bonchev–Trinajstić information content (AvgIpc) is 3.37. The van der Waals surface area contributed by atoms with Gasteiger partial charge in [-0.3, -0.25) is 9.59 Å². The van der Waals surface area contributed by atoms with Gasteiger partial charge in [0.1, 0.15) is 12.4 Å². The highest BCUT2D eigenvalue weighted by atomic mass is 19.1. The van der Waals surface area contributed by atoms with Crippen LogP contribution in [0.5, 0.6) is 0 Å². The number of halogens is 1. The van der Waals surface area contributed by atoms with Crippen molar-refractivity contribution in [3.8, 4) is 0 Å². The molecule has 0 saturated carbocycles. The summed E-state index contributed by atoms with van der Waals surface area (Å²) in [5.74, 6) is -0.569. The van der Waals surface area contributed by atoms with Gasteiger partial charge in [0.05, 0.1) is 6.42 Å². The number of amides is 2. The second-order valence-corrected chi connectivity index (χ2v) is 10.6. The molecule has 3 aromatic carbocycles. The summed E-state index contributed by atoms with van der Waals surface area (Å²) in [5, 5.41) is 1.15. The van der Waals surface area contributed by atoms with E-state index in [0.717, 1.165) is 39.7 Å². The fourth-order valence-electron chi connectivity index (χ4n) is 4.84. The van der Waals surface area contributed by atoms with Crippen LogP contribution in [0.25, 0.3) is 10.9 Å². The van der Waals surface area contributed by atoms with Gasteiger partial charge in [0.2, 0.25) is 11.8 Å². The molecule has 1 unspecified atom stereocenters. The van der Waals surface area contributed by atoms with Gasteiger partial charge >= 0.3 is 0 Å². The van der Waals surface area contributed by atoms with Crippen LogP contribution >= 0.6 is 0 Å². The van der Waals surface area contributed by atoms with Gasteiger partial charge in [0.25, 0.3) is 0 Å². The molecule has 4 rings (SSSR count). The molecule has 0 radical (unpaired) electrons. The lowest BCUT2D eigenvalue weighted by atomic mass is 10.1. The number of benzene rings is 3. The number of carbonyl (C=O) groups excluding carboxylic acids is 2. The summed E-state index contributed by atoms with van der Waals surface area (Å²) in [6.45, 7) is 4.95. The van der Waals surface area contributed by atoms with E-state index in [0.29, 0.717) is 19.5 Å². The van der Waals surface area contributed by atoms with Crippen LogP contribution in [0.1, 0.15) is 37.0 Å². The highest BCUT2D eigenvalue weighted by molar-refractivity contribution is 5.86. The standard InChI is InChI=1S/C33H39FN4O2/c1-5-24(2)38(32(39)20-25-10-14-28(34)15-11-25)23-33(40)37(22-26-12-16-29(17-13-26)36(3)4)19-18-27-21-35-31-9-7-6-8-30(27)31/h6-17,21,24,35H,5,18-20,22-23H2,1-4H3. The number of aromatic nitrogens is 1. The monoisotopic (exact) mass is 542 g/mol. The Morgan fingerprint density at radius 1 is 0.900 bits per heavy atom. The van der Waals surface area contributed by atoms with E-state index in [-0.39, 0.29) is 36.6 Å². The molecule has 0 bridgehead atoms. The smallest absolute Gasteiger partial charge is 0.242 e. The number of aromatic amines is 1. The van der Waals surface area contributed by atoms with Crippen molar-refractivity contribution < 1.29 is 14.0 Å². The van der Waals surface area contributed by atoms with Crippen LogP contribution in [-0.4, -0.2) is 59.8 Å². The van der Waals surface area contributed by atoms with Crippen molar-refractivity contribution in [3.05, 3.63) is 102 Å². The lowest BCUT2D eigenvalue weighted by Crippen LogP contribution is -2.47. The fraction of sp³-hybridized carbons (Fsp3) is 0.333. The Bertz CT molecular complexity index is 1410. The van der Waals surface area contributed by atoms with Gasteiger partial charge in [-0.2, -0.15) is 0 Å². The summed E-state index contributed by atoms with van der Waals surface area (Å²) in [4.78, 5) is 36.1. The number of hydrogen-bond donors (Lipinski definition) is 1. The Hall–Kier alpha value is -4.13. The lowest BCUT2D eigenvalue weighted by Gasteiger charge is -2.31. The summed E-state index contributed by atoms with van der Waals surface area (Å²) in [6.07, 6.45) is 3.55. The van der Waals surface area contributed by atoms with Crippen LogP contribution in [0, 0.1) is 5.82 Å². The second kappa shape index (κ2) is 13.3. The van der Waals surface area contributed by atoms with Crippen molar-refractivity contribution in [1.82, 2.24) is 14.8 Å². The minimum atomic E-state index is -0.338. The third kappa shape index (κ3) is 7.29. The van der Waals surface area contributed by atoms with Crippen LogP contribution < -0.4 is 4.90 Å². The van der Waals surface area contributed by atoms with Crippen LogP contribution in [0.3, 0.4) is 0 Å². The first-order valence-electron chi connectivity index (χ1n) is 13.9. The molecule has 4 aromatic rings. The molecule has 0 aliphatic carbocycles. The summed E-state index contributed by atoms with van der Waals surface area (Å²) in [7, 11) is 4.00. The van der Waals surface area contributed by atoms with E-state index in [2.05, 4.69) is 23.2 Å². The Labute approximate surface area is 236 Å². The summed E-state index contributed by atoms with van der Waals surface area (Å²) in [5.41, 5.74) is 5.08. The molecule has 7 heteroatoms. The first kappa shape index (κ1) is 28.9. The van der Waals surface area contributed by atoms with E-state index in [1.54, 1.807) is 17.0 Å². The molecule has 2 amide bonds. The van der Waals surface area contributed by atoms with Gasteiger partial charge < -0.3 is 19.7 Å². The first-order valence-corrected chi connectivity index (χ1v) is 13.9. The number of hydrogen-bond acceptors (Lipinski definition) is 3. The zero-order valence-electron chi connectivity index (χ0n) is 23.9. The molecule has 40 heavy (non-hydrogen) atoms. The van der Waals surface area contributed by atoms with E-state index < -0.39 is 0 Å². The predicted octanol–water partition coefficient (Wildman–Crippen LogP) is 5.81. The molecule has 1 heterocycles. The first-order chi connectivity index (χ1) is 19.2. The topological polar surface area (TPSA) is 59.7 Å². The van der Waals surface area contributed by atoms with Gasteiger partial charge in [-0.25, -0.2) is 4.39 Å². The summed E-state index contributed by atoms with van der Waals surface area (Å²) >= 11 is 0. The normalized spacial score (nSPS) is 11.8. The number of H-pyrrole nitrogens is 1. The van der Waals surface area contributed by atoms with Crippen LogP contribution in [-0.2, 0) is 29.0 Å². The van der Waals surface area contributed by atoms with Gasteiger partial charge in [-0.05, 0) is 66.8 Å². The van der Waals surface area contributed by atoms with Crippen LogP contribution in [0.15, 0.2) is 79.0 Å². The van der Waals surface area contributed by atoms with Crippen molar-refractivity contribution in [3.63, 3.8) is 0 Å². The third-order valence-corrected chi connectivity index (χ3v) is 7.52.